The average molecular weight is 369 g/mol. The van der Waals surface area contributed by atoms with Gasteiger partial charge in [0, 0.05) is 6.42 Å². The van der Waals surface area contributed by atoms with E-state index in [1.54, 1.807) is 0 Å². The standard InChI is InChI=1S/C23H44O3/c1-17(2)15-23(9,22(6,7)8)20(24)26-19(16-21(3,4)5)25-18-13-11-10-12-14-18/h17-19H,10-16H2,1-9H3. The zero-order valence-corrected chi connectivity index (χ0v) is 18.9. The fourth-order valence-electron chi connectivity index (χ4n) is 3.80. The summed E-state index contributed by atoms with van der Waals surface area (Å²) >= 11 is 0. The van der Waals surface area contributed by atoms with Crippen LogP contribution >= 0.6 is 0 Å². The van der Waals surface area contributed by atoms with E-state index in [9.17, 15) is 4.79 Å². The van der Waals surface area contributed by atoms with Gasteiger partial charge >= 0.3 is 5.97 Å². The Labute approximate surface area is 162 Å². The molecule has 0 aromatic rings. The molecule has 0 aromatic heterocycles. The highest BCUT2D eigenvalue weighted by Gasteiger charge is 2.47. The lowest BCUT2D eigenvalue weighted by Gasteiger charge is -2.42. The Bertz CT molecular complexity index is 435. The number of carbonyl (C=O) groups is 1. The van der Waals surface area contributed by atoms with E-state index in [1.807, 2.05) is 0 Å². The molecule has 0 heterocycles. The fourth-order valence-corrected chi connectivity index (χ4v) is 3.80. The quantitative estimate of drug-likeness (QED) is 0.369. The monoisotopic (exact) mass is 368 g/mol. The molecule has 1 aliphatic carbocycles. The molecule has 0 bridgehead atoms. The summed E-state index contributed by atoms with van der Waals surface area (Å²) in [4.78, 5) is 13.3. The minimum absolute atomic E-state index is 0.0514. The summed E-state index contributed by atoms with van der Waals surface area (Å²) in [7, 11) is 0. The third-order valence-corrected chi connectivity index (χ3v) is 5.84. The van der Waals surface area contributed by atoms with Gasteiger partial charge in [-0.15, -0.1) is 0 Å². The lowest BCUT2D eigenvalue weighted by molar-refractivity contribution is -0.214. The Hall–Kier alpha value is -0.570. The highest BCUT2D eigenvalue weighted by Crippen LogP contribution is 2.45. The first-order valence-electron chi connectivity index (χ1n) is 10.6. The summed E-state index contributed by atoms with van der Waals surface area (Å²) < 4.78 is 12.4. The molecule has 0 spiro atoms. The van der Waals surface area contributed by atoms with Crippen molar-refractivity contribution in [2.45, 2.75) is 120 Å². The van der Waals surface area contributed by atoms with Gasteiger partial charge in [-0.25, -0.2) is 0 Å². The third-order valence-electron chi connectivity index (χ3n) is 5.84. The van der Waals surface area contributed by atoms with Gasteiger partial charge in [-0.05, 0) is 42.9 Å². The van der Waals surface area contributed by atoms with Gasteiger partial charge in [-0.2, -0.15) is 0 Å². The Balaban J connectivity index is 2.93. The number of hydrogen-bond donors (Lipinski definition) is 0. The van der Waals surface area contributed by atoms with E-state index in [4.69, 9.17) is 9.47 Å². The SMILES string of the molecule is CC(C)CC(C)(C(=O)OC(CC(C)(C)C)OC1CCCCC1)C(C)(C)C. The normalized spacial score (nSPS) is 20.7. The molecule has 1 saturated carbocycles. The molecule has 1 rings (SSSR count). The van der Waals surface area contributed by atoms with Gasteiger partial charge in [0.2, 0.25) is 6.29 Å². The van der Waals surface area contributed by atoms with Crippen LogP contribution in [0.5, 0.6) is 0 Å². The first-order chi connectivity index (χ1) is 11.7. The van der Waals surface area contributed by atoms with Gasteiger partial charge in [0.05, 0.1) is 11.5 Å². The topological polar surface area (TPSA) is 35.5 Å². The molecule has 0 radical (unpaired) electrons. The summed E-state index contributed by atoms with van der Waals surface area (Å²) in [5.74, 6) is 0.330. The summed E-state index contributed by atoms with van der Waals surface area (Å²) in [6.45, 7) is 19.3. The van der Waals surface area contributed by atoms with Gasteiger partial charge in [-0.1, -0.05) is 74.7 Å². The van der Waals surface area contributed by atoms with Crippen molar-refractivity contribution >= 4 is 5.97 Å². The number of esters is 1. The largest absolute Gasteiger partial charge is 0.435 e. The average Bonchev–Trinajstić information content (AvgIpc) is 2.44. The van der Waals surface area contributed by atoms with Crippen LogP contribution in [0, 0.1) is 22.2 Å². The fraction of sp³-hybridized carbons (Fsp3) is 0.957. The van der Waals surface area contributed by atoms with Crippen LogP contribution in [-0.4, -0.2) is 18.4 Å². The molecule has 26 heavy (non-hydrogen) atoms. The molecular weight excluding hydrogens is 324 g/mol. The second kappa shape index (κ2) is 9.08. The van der Waals surface area contributed by atoms with E-state index in [1.165, 1.54) is 19.3 Å². The van der Waals surface area contributed by atoms with Crippen molar-refractivity contribution in [3.63, 3.8) is 0 Å². The van der Waals surface area contributed by atoms with Gasteiger partial charge in [-0.3, -0.25) is 4.79 Å². The Morgan fingerprint density at radius 1 is 0.923 bits per heavy atom. The van der Waals surface area contributed by atoms with E-state index >= 15 is 0 Å². The van der Waals surface area contributed by atoms with Crippen LogP contribution in [0.25, 0.3) is 0 Å². The molecule has 3 heteroatoms. The maximum Gasteiger partial charge on any atom is 0.314 e. The second-order valence-corrected chi connectivity index (χ2v) is 11.2. The predicted octanol–water partition coefficient (Wildman–Crippen LogP) is 6.74. The van der Waals surface area contributed by atoms with Crippen molar-refractivity contribution in [1.29, 1.82) is 0 Å². The molecule has 2 unspecified atom stereocenters. The van der Waals surface area contributed by atoms with E-state index in [0.29, 0.717) is 5.92 Å². The zero-order chi connectivity index (χ0) is 20.2. The highest BCUT2D eigenvalue weighted by atomic mass is 16.7. The molecule has 1 fully saturated rings. The Morgan fingerprint density at radius 2 is 1.46 bits per heavy atom. The maximum absolute atomic E-state index is 13.3. The molecule has 0 amide bonds. The maximum atomic E-state index is 13.3. The van der Waals surface area contributed by atoms with Crippen LogP contribution in [0.1, 0.15) is 107 Å². The third kappa shape index (κ3) is 7.21. The minimum atomic E-state index is -0.521. The predicted molar refractivity (Wildman–Crippen MR) is 109 cm³/mol. The first kappa shape index (κ1) is 23.5. The van der Waals surface area contributed by atoms with Crippen molar-refractivity contribution in [3.8, 4) is 0 Å². The van der Waals surface area contributed by atoms with Crippen LogP contribution < -0.4 is 0 Å². The molecule has 1 aliphatic rings. The lowest BCUT2D eigenvalue weighted by atomic mass is 9.64. The number of rotatable bonds is 7. The van der Waals surface area contributed by atoms with Crippen molar-refractivity contribution in [2.24, 2.45) is 22.2 Å². The summed E-state index contributed by atoms with van der Waals surface area (Å²) in [5.41, 5.74) is -0.630. The summed E-state index contributed by atoms with van der Waals surface area (Å²) in [6, 6.07) is 0. The number of carbonyl (C=O) groups excluding carboxylic acids is 1. The van der Waals surface area contributed by atoms with Gasteiger partial charge in [0.15, 0.2) is 0 Å². The van der Waals surface area contributed by atoms with Crippen LogP contribution in [0.15, 0.2) is 0 Å². The summed E-state index contributed by atoms with van der Waals surface area (Å²) in [6.07, 6.45) is 7.23. The van der Waals surface area contributed by atoms with Gasteiger partial charge in [0.1, 0.15) is 0 Å². The molecule has 0 N–H and O–H groups in total. The molecule has 0 aliphatic heterocycles. The first-order valence-corrected chi connectivity index (χ1v) is 10.6. The van der Waals surface area contributed by atoms with Gasteiger partial charge < -0.3 is 9.47 Å². The van der Waals surface area contributed by atoms with Crippen molar-refractivity contribution in [3.05, 3.63) is 0 Å². The van der Waals surface area contributed by atoms with E-state index in [2.05, 4.69) is 62.3 Å². The number of ether oxygens (including phenoxy) is 2. The van der Waals surface area contributed by atoms with Crippen molar-refractivity contribution < 1.29 is 14.3 Å². The number of hydrogen-bond acceptors (Lipinski definition) is 3. The van der Waals surface area contributed by atoms with E-state index in [-0.39, 0.29) is 22.9 Å². The molecule has 2 atom stereocenters. The summed E-state index contributed by atoms with van der Waals surface area (Å²) in [5, 5.41) is 0. The van der Waals surface area contributed by atoms with Crippen molar-refractivity contribution in [2.75, 3.05) is 0 Å². The van der Waals surface area contributed by atoms with Gasteiger partial charge in [0.25, 0.3) is 0 Å². The van der Waals surface area contributed by atoms with Crippen LogP contribution in [-0.2, 0) is 14.3 Å². The minimum Gasteiger partial charge on any atom is -0.435 e. The zero-order valence-electron chi connectivity index (χ0n) is 18.9. The smallest absolute Gasteiger partial charge is 0.314 e. The highest BCUT2D eigenvalue weighted by molar-refractivity contribution is 5.77. The molecule has 0 saturated heterocycles. The van der Waals surface area contributed by atoms with E-state index < -0.39 is 11.7 Å². The van der Waals surface area contributed by atoms with Crippen LogP contribution in [0.4, 0.5) is 0 Å². The Morgan fingerprint density at radius 3 is 1.88 bits per heavy atom. The molecular formula is C23H44O3. The lowest BCUT2D eigenvalue weighted by Crippen LogP contribution is -2.45. The molecule has 3 nitrogen and oxygen atoms in total. The van der Waals surface area contributed by atoms with Crippen LogP contribution in [0.3, 0.4) is 0 Å². The van der Waals surface area contributed by atoms with Crippen molar-refractivity contribution in [1.82, 2.24) is 0 Å². The molecule has 0 aromatic carbocycles. The van der Waals surface area contributed by atoms with Crippen LogP contribution in [0.2, 0.25) is 0 Å². The molecule has 154 valence electrons. The second-order valence-electron chi connectivity index (χ2n) is 11.2. The van der Waals surface area contributed by atoms with E-state index in [0.717, 1.165) is 25.7 Å². The Kier molecular flexibility index (Phi) is 8.20.